The van der Waals surface area contributed by atoms with Crippen molar-refractivity contribution >= 4 is 21.6 Å². The normalized spacial score (nSPS) is 19.0. The maximum atomic E-state index is 12.9. The first-order valence-electron chi connectivity index (χ1n) is 9.52. The van der Waals surface area contributed by atoms with E-state index in [9.17, 15) is 13.2 Å². The maximum Gasteiger partial charge on any atom is 0.243 e. The Morgan fingerprint density at radius 2 is 1.70 bits per heavy atom. The second-order valence-electron chi connectivity index (χ2n) is 7.35. The second kappa shape index (κ2) is 7.44. The molecule has 5 nitrogen and oxygen atoms in total. The number of rotatable bonds is 6. The predicted molar refractivity (Wildman–Crippen MR) is 105 cm³/mol. The molecule has 6 heteroatoms. The monoisotopic (exact) mass is 384 g/mol. The molecule has 1 aliphatic carbocycles. The third kappa shape index (κ3) is 3.92. The molecule has 27 heavy (non-hydrogen) atoms. The molecule has 1 saturated carbocycles. The first kappa shape index (κ1) is 18.2. The fraction of sp³-hybridized carbons (Fsp3) is 0.381. The van der Waals surface area contributed by atoms with Crippen LogP contribution in [0.25, 0.3) is 0 Å². The largest absolute Gasteiger partial charge is 0.326 e. The van der Waals surface area contributed by atoms with Crippen molar-refractivity contribution in [2.75, 3.05) is 18.4 Å². The lowest BCUT2D eigenvalue weighted by molar-refractivity contribution is -0.118. The number of anilines is 1. The van der Waals surface area contributed by atoms with Crippen molar-refractivity contribution in [2.45, 2.75) is 36.5 Å². The molecule has 1 atom stereocenters. The van der Waals surface area contributed by atoms with E-state index in [1.165, 1.54) is 4.31 Å². The predicted octanol–water partition coefficient (Wildman–Crippen LogP) is 3.60. The molecule has 1 amide bonds. The Bertz CT molecular complexity index is 917. The van der Waals surface area contributed by atoms with Crippen LogP contribution in [0.1, 0.15) is 37.2 Å². The average Bonchev–Trinajstić information content (AvgIpc) is 3.33. The molecule has 1 unspecified atom stereocenters. The molecule has 1 N–H and O–H groups in total. The number of nitrogens with zero attached hydrogens (tertiary/aromatic N) is 1. The SMILES string of the molecule is O=C(Nc1cccc(S(=O)(=O)N2CCCC2)c1)C(c1ccccc1)C1CC1. The van der Waals surface area contributed by atoms with Gasteiger partial charge in [0.2, 0.25) is 15.9 Å². The Morgan fingerprint density at radius 3 is 2.37 bits per heavy atom. The summed E-state index contributed by atoms with van der Waals surface area (Å²) in [6, 6.07) is 16.4. The average molecular weight is 385 g/mol. The van der Waals surface area contributed by atoms with E-state index in [2.05, 4.69) is 5.32 Å². The van der Waals surface area contributed by atoms with Crippen LogP contribution in [0.3, 0.4) is 0 Å². The Kier molecular flexibility index (Phi) is 5.02. The number of benzene rings is 2. The first-order chi connectivity index (χ1) is 13.1. The number of sulfonamides is 1. The molecule has 1 heterocycles. The van der Waals surface area contributed by atoms with Crippen molar-refractivity contribution in [2.24, 2.45) is 5.92 Å². The van der Waals surface area contributed by atoms with Gasteiger partial charge in [0.15, 0.2) is 0 Å². The molecule has 1 saturated heterocycles. The lowest BCUT2D eigenvalue weighted by atomic mass is 9.93. The summed E-state index contributed by atoms with van der Waals surface area (Å²) < 4.78 is 27.0. The third-order valence-electron chi connectivity index (χ3n) is 5.34. The number of nitrogens with one attached hydrogen (secondary N) is 1. The van der Waals surface area contributed by atoms with E-state index in [4.69, 9.17) is 0 Å². The Morgan fingerprint density at radius 1 is 1.00 bits per heavy atom. The van der Waals surface area contributed by atoms with Crippen LogP contribution in [-0.2, 0) is 14.8 Å². The number of hydrogen-bond donors (Lipinski definition) is 1. The highest BCUT2D eigenvalue weighted by molar-refractivity contribution is 7.89. The van der Waals surface area contributed by atoms with Gasteiger partial charge in [0.05, 0.1) is 10.8 Å². The summed E-state index contributed by atoms with van der Waals surface area (Å²) in [6.45, 7) is 1.13. The van der Waals surface area contributed by atoms with E-state index < -0.39 is 10.0 Å². The molecule has 1 aliphatic heterocycles. The molecule has 142 valence electrons. The first-order valence-corrected chi connectivity index (χ1v) is 11.0. The third-order valence-corrected chi connectivity index (χ3v) is 7.23. The fourth-order valence-corrected chi connectivity index (χ4v) is 5.32. The zero-order chi connectivity index (χ0) is 18.9. The van der Waals surface area contributed by atoms with Crippen molar-refractivity contribution in [1.82, 2.24) is 4.31 Å². The van der Waals surface area contributed by atoms with E-state index in [1.54, 1.807) is 24.3 Å². The van der Waals surface area contributed by atoms with Crippen LogP contribution in [0.5, 0.6) is 0 Å². The van der Waals surface area contributed by atoms with Crippen LogP contribution >= 0.6 is 0 Å². The molecule has 0 aromatic heterocycles. The van der Waals surface area contributed by atoms with Crippen molar-refractivity contribution in [1.29, 1.82) is 0 Å². The van der Waals surface area contributed by atoms with Crippen molar-refractivity contribution < 1.29 is 13.2 Å². The molecule has 4 rings (SSSR count). The van der Waals surface area contributed by atoms with Gasteiger partial charge in [-0.25, -0.2) is 8.42 Å². The van der Waals surface area contributed by atoms with Gasteiger partial charge in [-0.1, -0.05) is 36.4 Å². The van der Waals surface area contributed by atoms with Gasteiger partial charge in [-0.2, -0.15) is 4.31 Å². The molecule has 2 aromatic rings. The maximum absolute atomic E-state index is 12.9. The summed E-state index contributed by atoms with van der Waals surface area (Å²) >= 11 is 0. The minimum atomic E-state index is -3.49. The minimum Gasteiger partial charge on any atom is -0.326 e. The number of hydrogen-bond acceptors (Lipinski definition) is 3. The van der Waals surface area contributed by atoms with E-state index >= 15 is 0 Å². The van der Waals surface area contributed by atoms with E-state index in [0.29, 0.717) is 24.7 Å². The van der Waals surface area contributed by atoms with Gasteiger partial charge >= 0.3 is 0 Å². The summed E-state index contributed by atoms with van der Waals surface area (Å²) in [6.07, 6.45) is 3.90. The summed E-state index contributed by atoms with van der Waals surface area (Å²) in [5, 5.41) is 2.94. The Hall–Kier alpha value is -2.18. The van der Waals surface area contributed by atoms with Gasteiger partial charge in [0.1, 0.15) is 0 Å². The molecule has 2 aromatic carbocycles. The molecule has 0 bridgehead atoms. The van der Waals surface area contributed by atoms with Crippen LogP contribution in [-0.4, -0.2) is 31.7 Å². The summed E-state index contributed by atoms with van der Waals surface area (Å²) in [5.74, 6) is 0.105. The number of carbonyl (C=O) groups is 1. The Labute approximate surface area is 160 Å². The zero-order valence-corrected chi connectivity index (χ0v) is 16.0. The molecule has 0 radical (unpaired) electrons. The molecule has 2 aliphatic rings. The lowest BCUT2D eigenvalue weighted by Gasteiger charge is -2.18. The van der Waals surface area contributed by atoms with Gasteiger partial charge in [-0.05, 0) is 55.4 Å². The van der Waals surface area contributed by atoms with E-state index in [0.717, 1.165) is 31.2 Å². The van der Waals surface area contributed by atoms with Crippen LogP contribution in [0.15, 0.2) is 59.5 Å². The highest BCUT2D eigenvalue weighted by atomic mass is 32.2. The van der Waals surface area contributed by atoms with Gasteiger partial charge in [-0.15, -0.1) is 0 Å². The standard InChI is InChI=1S/C21H24N2O3S/c24-21(20(17-11-12-17)16-7-2-1-3-8-16)22-18-9-6-10-19(15-18)27(25,26)23-13-4-5-14-23/h1-3,6-10,15,17,20H,4-5,11-14H2,(H,22,24). The molecular weight excluding hydrogens is 360 g/mol. The Balaban J connectivity index is 1.55. The number of carbonyl (C=O) groups excluding carboxylic acids is 1. The second-order valence-corrected chi connectivity index (χ2v) is 9.29. The van der Waals surface area contributed by atoms with Gasteiger partial charge < -0.3 is 5.32 Å². The minimum absolute atomic E-state index is 0.0700. The lowest BCUT2D eigenvalue weighted by Crippen LogP contribution is -2.28. The van der Waals surface area contributed by atoms with Crippen LogP contribution in [0.2, 0.25) is 0 Å². The molecule has 2 fully saturated rings. The smallest absolute Gasteiger partial charge is 0.243 e. The fourth-order valence-electron chi connectivity index (χ4n) is 3.76. The number of amides is 1. The van der Waals surface area contributed by atoms with Crippen molar-refractivity contribution in [3.05, 3.63) is 60.2 Å². The quantitative estimate of drug-likeness (QED) is 0.827. The molecule has 0 spiro atoms. The van der Waals surface area contributed by atoms with Crippen LogP contribution in [0.4, 0.5) is 5.69 Å². The van der Waals surface area contributed by atoms with Gasteiger partial charge in [0.25, 0.3) is 0 Å². The zero-order valence-electron chi connectivity index (χ0n) is 15.2. The molecular formula is C21H24N2O3S. The highest BCUT2D eigenvalue weighted by Crippen LogP contribution is 2.43. The summed E-state index contributed by atoms with van der Waals surface area (Å²) in [5.41, 5.74) is 1.54. The summed E-state index contributed by atoms with van der Waals surface area (Å²) in [4.78, 5) is 13.2. The van der Waals surface area contributed by atoms with Gasteiger partial charge in [-0.3, -0.25) is 4.79 Å². The van der Waals surface area contributed by atoms with Crippen LogP contribution < -0.4 is 5.32 Å². The highest BCUT2D eigenvalue weighted by Gasteiger charge is 2.37. The van der Waals surface area contributed by atoms with Crippen molar-refractivity contribution in [3.8, 4) is 0 Å². The van der Waals surface area contributed by atoms with E-state index in [1.807, 2.05) is 30.3 Å². The van der Waals surface area contributed by atoms with E-state index in [-0.39, 0.29) is 16.7 Å². The van der Waals surface area contributed by atoms with Crippen LogP contribution in [0, 0.1) is 5.92 Å². The van der Waals surface area contributed by atoms with Gasteiger partial charge in [0, 0.05) is 18.8 Å². The topological polar surface area (TPSA) is 66.5 Å². The van der Waals surface area contributed by atoms with Crippen molar-refractivity contribution in [3.63, 3.8) is 0 Å². The summed E-state index contributed by atoms with van der Waals surface area (Å²) in [7, 11) is -3.49.